The Morgan fingerprint density at radius 2 is 2.06 bits per heavy atom. The zero-order valence-electron chi connectivity index (χ0n) is 8.94. The lowest BCUT2D eigenvalue weighted by molar-refractivity contribution is -0.107. The van der Waals surface area contributed by atoms with Crippen molar-refractivity contribution in [3.63, 3.8) is 0 Å². The summed E-state index contributed by atoms with van der Waals surface area (Å²) in [7, 11) is 1.58. The minimum absolute atomic E-state index is 0.116. The van der Waals surface area contributed by atoms with Crippen molar-refractivity contribution < 1.29 is 13.2 Å². The van der Waals surface area contributed by atoms with E-state index in [2.05, 4.69) is 0 Å². The average Bonchev–Trinajstić information content (AvgIpc) is 2.19. The van der Waals surface area contributed by atoms with Gasteiger partial charge in [0.05, 0.1) is 4.90 Å². The van der Waals surface area contributed by atoms with Crippen molar-refractivity contribution in [3.8, 4) is 0 Å². The van der Waals surface area contributed by atoms with Crippen LogP contribution in [-0.2, 0) is 20.3 Å². The van der Waals surface area contributed by atoms with Crippen LogP contribution in [-0.4, -0.2) is 14.7 Å². The molecule has 0 unspecified atom stereocenters. The van der Waals surface area contributed by atoms with Gasteiger partial charge < -0.3 is 4.79 Å². The highest BCUT2D eigenvalue weighted by Crippen LogP contribution is 2.19. The van der Waals surface area contributed by atoms with Gasteiger partial charge in [-0.2, -0.15) is 0 Å². The first-order valence-corrected chi connectivity index (χ1v) is 7.24. The fourth-order valence-corrected chi connectivity index (χ4v) is 2.31. The molecule has 0 amide bonds. The van der Waals surface area contributed by atoms with Crippen molar-refractivity contribution in [1.82, 2.24) is 0 Å². The van der Waals surface area contributed by atoms with Crippen LogP contribution < -0.4 is 0 Å². The lowest BCUT2D eigenvalue weighted by Crippen LogP contribution is -1.95. The van der Waals surface area contributed by atoms with E-state index < -0.39 is 9.05 Å². The number of unbranched alkanes of at least 4 members (excludes halogenated alkanes) is 1. The van der Waals surface area contributed by atoms with E-state index in [9.17, 15) is 13.2 Å². The molecule has 0 atom stereocenters. The molecular formula is C11H13ClO3S. The molecule has 1 aromatic carbocycles. The van der Waals surface area contributed by atoms with Crippen LogP contribution in [0, 0.1) is 6.92 Å². The quantitative estimate of drug-likeness (QED) is 0.464. The van der Waals surface area contributed by atoms with Gasteiger partial charge in [0.2, 0.25) is 0 Å². The number of aryl methyl sites for hydroxylation is 2. The number of hydrogen-bond acceptors (Lipinski definition) is 3. The number of carbonyl (C=O) groups is 1. The van der Waals surface area contributed by atoms with Crippen LogP contribution in [0.15, 0.2) is 23.1 Å². The van der Waals surface area contributed by atoms with E-state index >= 15 is 0 Å². The Kier molecular flexibility index (Phi) is 4.50. The van der Waals surface area contributed by atoms with E-state index in [4.69, 9.17) is 10.7 Å². The maximum atomic E-state index is 11.1. The lowest BCUT2D eigenvalue weighted by atomic mass is 10.0. The van der Waals surface area contributed by atoms with E-state index in [1.807, 2.05) is 6.92 Å². The molecular weight excluding hydrogens is 248 g/mol. The number of halogens is 1. The molecule has 5 heteroatoms. The van der Waals surface area contributed by atoms with Crippen LogP contribution in [0.25, 0.3) is 0 Å². The van der Waals surface area contributed by atoms with Crippen molar-refractivity contribution in [1.29, 1.82) is 0 Å². The molecule has 16 heavy (non-hydrogen) atoms. The molecule has 0 fully saturated rings. The Bertz CT molecular complexity index is 480. The summed E-state index contributed by atoms with van der Waals surface area (Å²) in [6.45, 7) is 1.84. The van der Waals surface area contributed by atoms with Crippen LogP contribution in [0.5, 0.6) is 0 Å². The summed E-state index contributed by atoms with van der Waals surface area (Å²) < 4.78 is 22.2. The number of aldehydes is 1. The monoisotopic (exact) mass is 260 g/mol. The second-order valence-electron chi connectivity index (χ2n) is 3.59. The second-order valence-corrected chi connectivity index (χ2v) is 6.15. The van der Waals surface area contributed by atoms with Crippen molar-refractivity contribution in [3.05, 3.63) is 29.3 Å². The van der Waals surface area contributed by atoms with E-state index in [-0.39, 0.29) is 4.90 Å². The molecule has 1 rings (SSSR count). The first-order chi connectivity index (χ1) is 7.45. The number of carbonyl (C=O) groups excluding carboxylic acids is 1. The van der Waals surface area contributed by atoms with E-state index in [1.54, 1.807) is 12.1 Å². The minimum atomic E-state index is -3.65. The van der Waals surface area contributed by atoms with Gasteiger partial charge in [0.15, 0.2) is 0 Å². The summed E-state index contributed by atoms with van der Waals surface area (Å²) in [6, 6.07) is 4.79. The summed E-state index contributed by atoms with van der Waals surface area (Å²) in [5.74, 6) is 0. The molecule has 88 valence electrons. The van der Waals surface area contributed by atoms with Gasteiger partial charge in [-0.3, -0.25) is 0 Å². The third kappa shape index (κ3) is 3.61. The summed E-state index contributed by atoms with van der Waals surface area (Å²) in [6.07, 6.45) is 2.95. The van der Waals surface area contributed by atoms with Crippen molar-refractivity contribution >= 4 is 26.0 Å². The highest BCUT2D eigenvalue weighted by atomic mass is 35.7. The third-order valence-corrected chi connectivity index (χ3v) is 3.72. The van der Waals surface area contributed by atoms with Gasteiger partial charge in [0.1, 0.15) is 6.29 Å². The Morgan fingerprint density at radius 3 is 2.56 bits per heavy atom. The molecule has 0 heterocycles. The van der Waals surface area contributed by atoms with Gasteiger partial charge in [-0.15, -0.1) is 0 Å². The van der Waals surface area contributed by atoms with Crippen molar-refractivity contribution in [2.75, 3.05) is 0 Å². The average molecular weight is 261 g/mol. The zero-order valence-corrected chi connectivity index (χ0v) is 10.5. The normalized spacial score (nSPS) is 11.4. The minimum Gasteiger partial charge on any atom is -0.303 e. The van der Waals surface area contributed by atoms with Gasteiger partial charge in [0, 0.05) is 17.1 Å². The molecule has 0 bridgehead atoms. The molecule has 0 radical (unpaired) electrons. The standard InChI is InChI=1S/C11H13ClO3S/c1-9-8-11(16(12,14)15)6-5-10(9)4-2-3-7-13/h5-8H,2-4H2,1H3. The molecule has 0 aliphatic heterocycles. The first kappa shape index (κ1) is 13.2. The first-order valence-electron chi connectivity index (χ1n) is 4.93. The molecule has 0 aliphatic rings. The number of rotatable bonds is 5. The van der Waals surface area contributed by atoms with E-state index in [0.717, 1.165) is 30.3 Å². The van der Waals surface area contributed by atoms with Crippen LogP contribution in [0.3, 0.4) is 0 Å². The second kappa shape index (κ2) is 5.46. The molecule has 0 saturated heterocycles. The highest BCUT2D eigenvalue weighted by Gasteiger charge is 2.10. The van der Waals surface area contributed by atoms with Crippen molar-refractivity contribution in [2.24, 2.45) is 0 Å². The number of hydrogen-bond donors (Lipinski definition) is 0. The van der Waals surface area contributed by atoms with E-state index in [0.29, 0.717) is 6.42 Å². The van der Waals surface area contributed by atoms with E-state index in [1.165, 1.54) is 6.07 Å². The Morgan fingerprint density at radius 1 is 1.38 bits per heavy atom. The smallest absolute Gasteiger partial charge is 0.261 e. The lowest BCUT2D eigenvalue weighted by Gasteiger charge is -2.06. The molecule has 0 aliphatic carbocycles. The van der Waals surface area contributed by atoms with Crippen LogP contribution in [0.4, 0.5) is 0 Å². The fraction of sp³-hybridized carbons (Fsp3) is 0.364. The fourth-order valence-electron chi connectivity index (χ4n) is 1.48. The summed E-state index contributed by atoms with van der Waals surface area (Å²) in [5.41, 5.74) is 1.93. The van der Waals surface area contributed by atoms with Gasteiger partial charge >= 0.3 is 0 Å². The molecule has 0 aromatic heterocycles. The molecule has 3 nitrogen and oxygen atoms in total. The highest BCUT2D eigenvalue weighted by molar-refractivity contribution is 8.13. The van der Waals surface area contributed by atoms with Gasteiger partial charge in [-0.1, -0.05) is 6.07 Å². The molecule has 1 aromatic rings. The van der Waals surface area contributed by atoms with Gasteiger partial charge in [-0.25, -0.2) is 8.42 Å². The molecule has 0 saturated carbocycles. The Labute approximate surface area is 99.9 Å². The predicted molar refractivity (Wildman–Crippen MR) is 63.2 cm³/mol. The maximum absolute atomic E-state index is 11.1. The summed E-state index contributed by atoms with van der Waals surface area (Å²) >= 11 is 0. The largest absolute Gasteiger partial charge is 0.303 e. The predicted octanol–water partition coefficient (Wildman–Crippen LogP) is 2.44. The Hall–Kier alpha value is -0.870. The van der Waals surface area contributed by atoms with Crippen LogP contribution >= 0.6 is 10.7 Å². The zero-order chi connectivity index (χ0) is 12.2. The summed E-state index contributed by atoms with van der Waals surface area (Å²) in [5, 5.41) is 0. The summed E-state index contributed by atoms with van der Waals surface area (Å²) in [4.78, 5) is 10.3. The molecule has 0 spiro atoms. The Balaban J connectivity index is 2.88. The van der Waals surface area contributed by atoms with Crippen molar-refractivity contribution in [2.45, 2.75) is 31.1 Å². The molecule has 0 N–H and O–H groups in total. The topological polar surface area (TPSA) is 51.2 Å². The SMILES string of the molecule is Cc1cc(S(=O)(=O)Cl)ccc1CCCC=O. The van der Waals surface area contributed by atoms with Crippen LogP contribution in [0.2, 0.25) is 0 Å². The third-order valence-electron chi connectivity index (χ3n) is 2.36. The van der Waals surface area contributed by atoms with Gasteiger partial charge in [0.25, 0.3) is 9.05 Å². The number of benzene rings is 1. The maximum Gasteiger partial charge on any atom is 0.261 e. The van der Waals surface area contributed by atoms with Crippen LogP contribution in [0.1, 0.15) is 24.0 Å². The van der Waals surface area contributed by atoms with Gasteiger partial charge in [-0.05, 0) is 43.0 Å².